The number of methoxy groups -OCH3 is 2. The van der Waals surface area contributed by atoms with Gasteiger partial charge < -0.3 is 29.5 Å². The van der Waals surface area contributed by atoms with Gasteiger partial charge in [-0.1, -0.05) is 7.43 Å². The molecule has 26 heavy (non-hydrogen) atoms. The van der Waals surface area contributed by atoms with Gasteiger partial charge in [0.05, 0.1) is 18.3 Å². The molecule has 0 aromatic rings. The molecule has 0 saturated carbocycles. The molecule has 0 amide bonds. The van der Waals surface area contributed by atoms with Gasteiger partial charge in [0, 0.05) is 66.3 Å². The maximum absolute atomic E-state index is 11.1. The largest absolute Gasteiger partial charge is 0.397 e. The minimum Gasteiger partial charge on any atom is -0.397 e. The second-order valence-electron chi connectivity index (χ2n) is 6.73. The van der Waals surface area contributed by atoms with Crippen LogP contribution >= 0.6 is 0 Å². The molecule has 2 heterocycles. The highest BCUT2D eigenvalue weighted by atomic mass is 16.5. The third kappa shape index (κ3) is 13.6. The summed E-state index contributed by atoms with van der Waals surface area (Å²) in [5.41, 5.74) is 0. The molecule has 7 heteroatoms. The van der Waals surface area contributed by atoms with E-state index in [0.717, 1.165) is 39.0 Å². The van der Waals surface area contributed by atoms with Gasteiger partial charge in [0.2, 0.25) is 0 Å². The molecule has 2 N–H and O–H groups in total. The van der Waals surface area contributed by atoms with E-state index in [1.165, 1.54) is 0 Å². The van der Waals surface area contributed by atoms with E-state index in [1.54, 1.807) is 21.1 Å². The van der Waals surface area contributed by atoms with Crippen LogP contribution in [0.4, 0.5) is 0 Å². The predicted octanol–water partition coefficient (Wildman–Crippen LogP) is 1.02. The molecule has 2 aliphatic rings. The molecule has 2 fully saturated rings. The van der Waals surface area contributed by atoms with E-state index in [-0.39, 0.29) is 32.3 Å². The van der Waals surface area contributed by atoms with Crippen LogP contribution in [0.3, 0.4) is 0 Å². The normalized spacial score (nSPS) is 27.7. The number of likely N-dealkylation sites (N-methyl/N-ethyl adjacent to an activating group) is 2. The number of hydrogen-bond acceptors (Lipinski definition) is 7. The lowest BCUT2D eigenvalue weighted by molar-refractivity contribution is -0.120. The van der Waals surface area contributed by atoms with Gasteiger partial charge in [0.1, 0.15) is 5.78 Å². The molecule has 2 aliphatic heterocycles. The number of carbonyl (C=O) groups is 1. The van der Waals surface area contributed by atoms with Crippen molar-refractivity contribution < 1.29 is 24.5 Å². The summed E-state index contributed by atoms with van der Waals surface area (Å²) in [5.74, 6) is 0.321. The molecule has 0 aromatic heterocycles. The van der Waals surface area contributed by atoms with Crippen molar-refractivity contribution in [2.24, 2.45) is 0 Å². The fraction of sp³-hybridized carbons (Fsp3) is 0.947. The second-order valence-corrected chi connectivity index (χ2v) is 6.73. The topological polar surface area (TPSA) is 82.5 Å². The molecule has 7 nitrogen and oxygen atoms in total. The Hall–Kier alpha value is -0.570. The Balaban J connectivity index is 0. The number of carbonyl (C=O) groups excluding carboxylic acids is 1. The monoisotopic (exact) mass is 378 g/mol. The van der Waals surface area contributed by atoms with Crippen LogP contribution in [-0.4, -0.2) is 105 Å². The average Bonchev–Trinajstić information content (AvgIpc) is 2.84. The predicted molar refractivity (Wildman–Crippen MR) is 106 cm³/mol. The third-order valence-corrected chi connectivity index (χ3v) is 4.30. The first-order chi connectivity index (χ1) is 11.9. The van der Waals surface area contributed by atoms with E-state index in [0.29, 0.717) is 18.6 Å². The van der Waals surface area contributed by atoms with Crippen molar-refractivity contribution in [3.05, 3.63) is 0 Å². The summed E-state index contributed by atoms with van der Waals surface area (Å²) >= 11 is 0. The van der Waals surface area contributed by atoms with E-state index in [1.807, 2.05) is 7.05 Å². The summed E-state index contributed by atoms with van der Waals surface area (Å²) < 4.78 is 10.4. The lowest BCUT2D eigenvalue weighted by atomic mass is 10.1. The molecule has 0 aliphatic carbocycles. The number of Topliss-reactive ketones (excluding diaryl/α,β-unsaturated/α-hetero) is 1. The highest BCUT2D eigenvalue weighted by molar-refractivity contribution is 5.79. The van der Waals surface area contributed by atoms with E-state index in [2.05, 4.69) is 16.8 Å². The smallest absolute Gasteiger partial charge is 0.136 e. The Morgan fingerprint density at radius 2 is 1.58 bits per heavy atom. The van der Waals surface area contributed by atoms with E-state index >= 15 is 0 Å². The zero-order valence-electron chi connectivity index (χ0n) is 16.6. The number of aliphatic hydroxyl groups excluding tert-OH is 2. The quantitative estimate of drug-likeness (QED) is 0.742. The summed E-state index contributed by atoms with van der Waals surface area (Å²) in [4.78, 5) is 15.4. The van der Waals surface area contributed by atoms with Crippen molar-refractivity contribution in [1.29, 1.82) is 0 Å². The van der Waals surface area contributed by atoms with Gasteiger partial charge >= 0.3 is 0 Å². The SMILES string of the molecule is C.CCO.COC1CC(=O)CCN(C)C1.COC1CC(O)CCN(C)C1. The molecular weight excluding hydrogens is 336 g/mol. The summed E-state index contributed by atoms with van der Waals surface area (Å²) in [5, 5.41) is 17.0. The number of hydrogen-bond donors (Lipinski definition) is 2. The molecule has 158 valence electrons. The van der Waals surface area contributed by atoms with Crippen LogP contribution < -0.4 is 0 Å². The molecular formula is C19H42N2O5. The Morgan fingerprint density at radius 3 is 2.12 bits per heavy atom. The van der Waals surface area contributed by atoms with Gasteiger partial charge in [-0.15, -0.1) is 0 Å². The molecule has 2 rings (SSSR count). The lowest BCUT2D eigenvalue weighted by Crippen LogP contribution is -2.28. The molecule has 3 atom stereocenters. The number of ether oxygens (including phenoxy) is 2. The van der Waals surface area contributed by atoms with Gasteiger partial charge in [0.25, 0.3) is 0 Å². The highest BCUT2D eigenvalue weighted by Gasteiger charge is 2.20. The van der Waals surface area contributed by atoms with Crippen LogP contribution in [0.15, 0.2) is 0 Å². The first kappa shape index (κ1) is 27.6. The number of ketones is 1. The van der Waals surface area contributed by atoms with Crippen LogP contribution in [0.25, 0.3) is 0 Å². The Bertz CT molecular complexity index is 332. The molecule has 0 bridgehead atoms. The van der Waals surface area contributed by atoms with E-state index < -0.39 is 0 Å². The van der Waals surface area contributed by atoms with Gasteiger partial charge in [-0.3, -0.25) is 4.79 Å². The number of aliphatic hydroxyl groups is 2. The maximum Gasteiger partial charge on any atom is 0.136 e. The van der Waals surface area contributed by atoms with Gasteiger partial charge in [-0.25, -0.2) is 0 Å². The molecule has 0 aromatic carbocycles. The fourth-order valence-corrected chi connectivity index (χ4v) is 2.81. The van der Waals surface area contributed by atoms with Crippen LogP contribution in [-0.2, 0) is 14.3 Å². The van der Waals surface area contributed by atoms with Crippen molar-refractivity contribution in [3.8, 4) is 0 Å². The summed E-state index contributed by atoms with van der Waals surface area (Å²) in [6, 6.07) is 0. The molecule has 3 unspecified atom stereocenters. The minimum atomic E-state index is -0.176. The van der Waals surface area contributed by atoms with Gasteiger partial charge in [-0.2, -0.15) is 0 Å². The maximum atomic E-state index is 11.1. The van der Waals surface area contributed by atoms with E-state index in [4.69, 9.17) is 14.6 Å². The third-order valence-electron chi connectivity index (χ3n) is 4.30. The van der Waals surface area contributed by atoms with Crippen LogP contribution in [0, 0.1) is 0 Å². The lowest BCUT2D eigenvalue weighted by Gasteiger charge is -2.18. The molecule has 0 radical (unpaired) electrons. The van der Waals surface area contributed by atoms with Crippen LogP contribution in [0.5, 0.6) is 0 Å². The van der Waals surface area contributed by atoms with Gasteiger partial charge in [0.15, 0.2) is 0 Å². The van der Waals surface area contributed by atoms with Crippen molar-refractivity contribution >= 4 is 5.78 Å². The number of nitrogens with zero attached hydrogens (tertiary/aromatic N) is 2. The van der Waals surface area contributed by atoms with Crippen molar-refractivity contribution in [3.63, 3.8) is 0 Å². The summed E-state index contributed by atoms with van der Waals surface area (Å²) in [7, 11) is 7.45. The first-order valence-electron chi connectivity index (χ1n) is 9.09. The van der Waals surface area contributed by atoms with Crippen molar-refractivity contribution in [2.45, 2.75) is 58.3 Å². The number of rotatable bonds is 2. The highest BCUT2D eigenvalue weighted by Crippen LogP contribution is 2.12. The van der Waals surface area contributed by atoms with Crippen molar-refractivity contribution in [1.82, 2.24) is 9.80 Å². The summed E-state index contributed by atoms with van der Waals surface area (Å²) in [6.07, 6.45) is 3.05. The second kappa shape index (κ2) is 16.6. The van der Waals surface area contributed by atoms with Crippen molar-refractivity contribution in [2.75, 3.05) is 61.1 Å². The zero-order chi connectivity index (χ0) is 19.2. The first-order valence-corrected chi connectivity index (χ1v) is 9.09. The number of likely N-dealkylation sites (tertiary alicyclic amines) is 2. The van der Waals surface area contributed by atoms with E-state index in [9.17, 15) is 9.90 Å². The Labute approximate surface area is 160 Å². The standard InChI is InChI=1S/C8H17NO2.C8H15NO2.C2H6O.CH4/c2*1-9-4-3-7(10)5-8(6-9)11-2;1-2-3;/h7-8,10H,3-6H2,1-2H3;8H,3-6H2,1-2H3;3H,2H2,1H3;1H4. The van der Waals surface area contributed by atoms with Crippen LogP contribution in [0.1, 0.15) is 40.0 Å². The zero-order valence-corrected chi connectivity index (χ0v) is 16.6. The molecule has 2 saturated heterocycles. The Kier molecular flexibility index (Phi) is 17.6. The minimum absolute atomic E-state index is 0. The molecule has 0 spiro atoms. The van der Waals surface area contributed by atoms with Crippen LogP contribution in [0.2, 0.25) is 0 Å². The van der Waals surface area contributed by atoms with Gasteiger partial charge in [-0.05, 0) is 27.4 Å². The average molecular weight is 379 g/mol. The Morgan fingerprint density at radius 1 is 1.08 bits per heavy atom. The summed E-state index contributed by atoms with van der Waals surface area (Å²) in [6.45, 7) is 5.59. The fourth-order valence-electron chi connectivity index (χ4n) is 2.81.